The van der Waals surface area contributed by atoms with E-state index in [0.29, 0.717) is 13.2 Å². The Hall–Kier alpha value is -2.84. The van der Waals surface area contributed by atoms with Crippen LogP contribution in [0, 0.1) is 0 Å². The van der Waals surface area contributed by atoms with E-state index in [0.717, 1.165) is 36.9 Å². The number of nitrogens with zero attached hydrogens (tertiary/aromatic N) is 4. The number of thiophene rings is 1. The van der Waals surface area contributed by atoms with E-state index >= 15 is 0 Å². The van der Waals surface area contributed by atoms with Crippen molar-refractivity contribution < 1.29 is 9.47 Å². The number of morpholine rings is 1. The second-order valence-electron chi connectivity index (χ2n) is 7.45. The molecule has 0 amide bonds. The molecule has 164 valence electrons. The molecule has 1 N–H and O–H groups in total. The molecule has 0 saturated carbocycles. The smallest absolute Gasteiger partial charge is 0.194 e. The minimum Gasteiger partial charge on any atom is -0.497 e. The Labute approximate surface area is 187 Å². The van der Waals surface area contributed by atoms with E-state index in [2.05, 4.69) is 45.8 Å². The number of hydrogen-bond acceptors (Lipinski definition) is 5. The van der Waals surface area contributed by atoms with Crippen molar-refractivity contribution in [2.24, 2.45) is 12.0 Å². The van der Waals surface area contributed by atoms with Gasteiger partial charge in [-0.05, 0) is 41.6 Å². The number of nitrogens with one attached hydrogen (secondary N) is 1. The number of hydrogen-bond donors (Lipinski definition) is 1. The van der Waals surface area contributed by atoms with E-state index in [-0.39, 0.29) is 6.10 Å². The Morgan fingerprint density at radius 1 is 1.32 bits per heavy atom. The van der Waals surface area contributed by atoms with Crippen molar-refractivity contribution in [3.8, 4) is 16.9 Å². The second kappa shape index (κ2) is 9.98. The van der Waals surface area contributed by atoms with Crippen molar-refractivity contribution in [1.82, 2.24) is 20.0 Å². The summed E-state index contributed by atoms with van der Waals surface area (Å²) in [5.74, 6) is 1.80. The van der Waals surface area contributed by atoms with Crippen LogP contribution in [0.25, 0.3) is 11.1 Å². The summed E-state index contributed by atoms with van der Waals surface area (Å²) in [5.41, 5.74) is 3.50. The van der Waals surface area contributed by atoms with Crippen LogP contribution in [0.2, 0.25) is 0 Å². The van der Waals surface area contributed by atoms with Crippen molar-refractivity contribution in [3.05, 3.63) is 58.5 Å². The van der Waals surface area contributed by atoms with Gasteiger partial charge in [-0.2, -0.15) is 5.10 Å². The summed E-state index contributed by atoms with van der Waals surface area (Å²) in [6, 6.07) is 10.4. The number of guanidine groups is 1. The Morgan fingerprint density at radius 3 is 2.87 bits per heavy atom. The predicted octanol–water partition coefficient (Wildman–Crippen LogP) is 3.70. The Bertz CT molecular complexity index is 1010. The molecule has 1 aromatic carbocycles. The summed E-state index contributed by atoms with van der Waals surface area (Å²) in [4.78, 5) is 8.44. The van der Waals surface area contributed by atoms with Crippen LogP contribution in [0.15, 0.2) is 53.1 Å². The lowest BCUT2D eigenvalue weighted by molar-refractivity contribution is -0.00805. The minimum atomic E-state index is 0.00900. The molecule has 0 spiro atoms. The number of ether oxygens (including phenoxy) is 2. The Morgan fingerprint density at radius 2 is 2.16 bits per heavy atom. The highest BCUT2D eigenvalue weighted by Gasteiger charge is 2.25. The molecule has 8 heteroatoms. The van der Waals surface area contributed by atoms with E-state index in [1.807, 2.05) is 36.3 Å². The van der Waals surface area contributed by atoms with Gasteiger partial charge in [0.1, 0.15) is 11.9 Å². The van der Waals surface area contributed by atoms with Crippen LogP contribution in [0.3, 0.4) is 0 Å². The largest absolute Gasteiger partial charge is 0.497 e. The molecule has 1 fully saturated rings. The summed E-state index contributed by atoms with van der Waals surface area (Å²) in [5, 5.41) is 9.91. The van der Waals surface area contributed by atoms with E-state index in [1.165, 1.54) is 16.0 Å². The molecule has 1 saturated heterocycles. The van der Waals surface area contributed by atoms with Gasteiger partial charge in [-0.1, -0.05) is 12.1 Å². The molecule has 0 radical (unpaired) electrons. The molecule has 2 aromatic heterocycles. The molecule has 0 aliphatic carbocycles. The van der Waals surface area contributed by atoms with Crippen LogP contribution in [0.1, 0.15) is 23.5 Å². The first kappa shape index (κ1) is 21.4. The summed E-state index contributed by atoms with van der Waals surface area (Å²) >= 11 is 1.74. The zero-order valence-corrected chi connectivity index (χ0v) is 19.1. The summed E-state index contributed by atoms with van der Waals surface area (Å²) in [6.45, 7) is 5.84. The van der Waals surface area contributed by atoms with Gasteiger partial charge in [0.05, 0.1) is 33.0 Å². The minimum absolute atomic E-state index is 0.00900. The maximum Gasteiger partial charge on any atom is 0.194 e. The van der Waals surface area contributed by atoms with Crippen LogP contribution in [0.4, 0.5) is 0 Å². The number of benzene rings is 1. The van der Waals surface area contributed by atoms with Crippen molar-refractivity contribution in [2.75, 3.05) is 33.4 Å². The van der Waals surface area contributed by atoms with Gasteiger partial charge in [0.25, 0.3) is 0 Å². The van der Waals surface area contributed by atoms with Crippen molar-refractivity contribution in [3.63, 3.8) is 0 Å². The van der Waals surface area contributed by atoms with Gasteiger partial charge in [0, 0.05) is 36.8 Å². The highest BCUT2D eigenvalue weighted by Crippen LogP contribution is 2.28. The molecule has 1 unspecified atom stereocenters. The third kappa shape index (κ3) is 5.26. The van der Waals surface area contributed by atoms with E-state index in [4.69, 9.17) is 14.5 Å². The average Bonchev–Trinajstić information content (AvgIpc) is 3.46. The molecule has 3 aromatic rings. The summed E-state index contributed by atoms with van der Waals surface area (Å²) in [6.07, 6.45) is 3.91. The fourth-order valence-corrected chi connectivity index (χ4v) is 4.44. The number of aryl methyl sites for hydroxylation is 1. The van der Waals surface area contributed by atoms with E-state index in [1.54, 1.807) is 18.4 Å². The lowest BCUT2D eigenvalue weighted by atomic mass is 10.1. The maximum absolute atomic E-state index is 5.98. The second-order valence-corrected chi connectivity index (χ2v) is 8.45. The fraction of sp³-hybridized carbons (Fsp3) is 0.391. The monoisotopic (exact) mass is 439 g/mol. The van der Waals surface area contributed by atoms with Crippen LogP contribution < -0.4 is 10.1 Å². The fourth-order valence-electron chi connectivity index (χ4n) is 3.63. The van der Waals surface area contributed by atoms with Crippen LogP contribution >= 0.6 is 11.3 Å². The van der Waals surface area contributed by atoms with Gasteiger partial charge in [0.2, 0.25) is 0 Å². The lowest BCUT2D eigenvalue weighted by Gasteiger charge is -2.34. The van der Waals surface area contributed by atoms with E-state index < -0.39 is 0 Å². The number of aromatic nitrogens is 2. The van der Waals surface area contributed by atoms with Crippen LogP contribution in [-0.2, 0) is 18.3 Å². The van der Waals surface area contributed by atoms with Gasteiger partial charge in [0.15, 0.2) is 5.96 Å². The van der Waals surface area contributed by atoms with Crippen molar-refractivity contribution in [1.29, 1.82) is 0 Å². The third-order valence-electron chi connectivity index (χ3n) is 5.26. The topological polar surface area (TPSA) is 63.9 Å². The highest BCUT2D eigenvalue weighted by molar-refractivity contribution is 7.10. The molecule has 1 atom stereocenters. The van der Waals surface area contributed by atoms with E-state index in [9.17, 15) is 0 Å². The van der Waals surface area contributed by atoms with Crippen LogP contribution in [0.5, 0.6) is 5.75 Å². The molecule has 3 heterocycles. The SMILES string of the molecule is CCNC(=NCc1cc(-c2ccc(OC)cc2)cs1)N1CCOC(c2cnn(C)c2)C1. The van der Waals surface area contributed by atoms with Gasteiger partial charge in [-0.3, -0.25) is 4.68 Å². The number of rotatable bonds is 6. The Balaban J connectivity index is 1.44. The zero-order valence-electron chi connectivity index (χ0n) is 18.2. The van der Waals surface area contributed by atoms with Gasteiger partial charge in [-0.15, -0.1) is 11.3 Å². The van der Waals surface area contributed by atoms with Gasteiger partial charge in [-0.25, -0.2) is 4.99 Å². The summed E-state index contributed by atoms with van der Waals surface area (Å²) < 4.78 is 13.0. The van der Waals surface area contributed by atoms with Crippen molar-refractivity contribution >= 4 is 17.3 Å². The first-order valence-corrected chi connectivity index (χ1v) is 11.4. The first-order chi connectivity index (χ1) is 15.2. The number of aliphatic imine (C=N–C) groups is 1. The standard InChI is InChI=1S/C23H29N5O2S/c1-4-24-23(28-9-10-30-22(15-28)19-12-26-27(2)14-19)25-13-21-11-18(16-31-21)17-5-7-20(29-3)8-6-17/h5-8,11-12,14,16,22H,4,9-10,13,15H2,1-3H3,(H,24,25). The normalized spacial score (nSPS) is 17.1. The molecular weight excluding hydrogens is 410 g/mol. The summed E-state index contributed by atoms with van der Waals surface area (Å²) in [7, 11) is 3.61. The third-order valence-corrected chi connectivity index (χ3v) is 6.18. The van der Waals surface area contributed by atoms with Crippen molar-refractivity contribution in [2.45, 2.75) is 19.6 Å². The zero-order chi connectivity index (χ0) is 21.6. The maximum atomic E-state index is 5.98. The molecule has 1 aliphatic heterocycles. The molecule has 0 bridgehead atoms. The van der Waals surface area contributed by atoms with Crippen LogP contribution in [-0.4, -0.2) is 54.0 Å². The molecule has 4 rings (SSSR count). The number of methoxy groups -OCH3 is 1. The quantitative estimate of drug-likeness (QED) is 0.469. The Kier molecular flexibility index (Phi) is 6.89. The molecular formula is C23H29N5O2S. The van der Waals surface area contributed by atoms with Gasteiger partial charge < -0.3 is 19.7 Å². The first-order valence-electron chi connectivity index (χ1n) is 10.5. The molecule has 31 heavy (non-hydrogen) atoms. The average molecular weight is 440 g/mol. The highest BCUT2D eigenvalue weighted by atomic mass is 32.1. The molecule has 1 aliphatic rings. The molecule has 7 nitrogen and oxygen atoms in total. The predicted molar refractivity (Wildman–Crippen MR) is 125 cm³/mol. The lowest BCUT2D eigenvalue weighted by Crippen LogP contribution is -2.48. The van der Waals surface area contributed by atoms with Gasteiger partial charge >= 0.3 is 0 Å².